The molecule has 2 aromatic carbocycles. The number of carbonyl (C=O) groups is 3. The minimum Gasteiger partial charge on any atom is -0.481 e. The predicted octanol–water partition coefficient (Wildman–Crippen LogP) is 3.86. The van der Waals surface area contributed by atoms with Crippen LogP contribution in [0.15, 0.2) is 51.7 Å². The highest BCUT2D eigenvalue weighted by Gasteiger charge is 2.32. The Labute approximate surface area is 192 Å². The summed E-state index contributed by atoms with van der Waals surface area (Å²) in [5.41, 5.74) is 0.624. The van der Waals surface area contributed by atoms with Crippen molar-refractivity contribution in [2.24, 2.45) is 5.92 Å². The molecule has 2 atom stereocenters. The Morgan fingerprint density at radius 2 is 1.97 bits per heavy atom. The van der Waals surface area contributed by atoms with Crippen molar-refractivity contribution >= 4 is 40.7 Å². The molecule has 1 saturated heterocycles. The first kappa shape index (κ1) is 22.7. The molecule has 33 heavy (non-hydrogen) atoms. The second kappa shape index (κ2) is 9.15. The van der Waals surface area contributed by atoms with Gasteiger partial charge in [0.1, 0.15) is 23.6 Å². The summed E-state index contributed by atoms with van der Waals surface area (Å²) in [6.45, 7) is 0.400. The Morgan fingerprint density at radius 3 is 2.67 bits per heavy atom. The fourth-order valence-corrected chi connectivity index (χ4v) is 4.43. The first-order valence-corrected chi connectivity index (χ1v) is 10.7. The monoisotopic (exact) mass is 471 g/mol. The van der Waals surface area contributed by atoms with Gasteiger partial charge < -0.3 is 19.2 Å². The highest BCUT2D eigenvalue weighted by atomic mass is 35.5. The van der Waals surface area contributed by atoms with Crippen LogP contribution in [0.5, 0.6) is 0 Å². The lowest BCUT2D eigenvalue weighted by atomic mass is 9.93. The zero-order valence-electron chi connectivity index (χ0n) is 17.3. The molecule has 1 unspecified atom stereocenters. The number of likely N-dealkylation sites (tertiary alicyclic amines) is 1. The molecule has 7 nitrogen and oxygen atoms in total. The maximum atomic E-state index is 13.5. The number of carboxylic acid groups (broad SMARTS) is 1. The van der Waals surface area contributed by atoms with Crippen molar-refractivity contribution in [3.05, 3.63) is 69.3 Å². The predicted molar refractivity (Wildman–Crippen MR) is 119 cm³/mol. The lowest BCUT2D eigenvalue weighted by Gasteiger charge is -2.32. The molecule has 1 aliphatic heterocycles. The van der Waals surface area contributed by atoms with Crippen molar-refractivity contribution in [2.45, 2.75) is 18.8 Å². The van der Waals surface area contributed by atoms with Crippen molar-refractivity contribution in [3.8, 4) is 11.1 Å². The largest absolute Gasteiger partial charge is 0.481 e. The van der Waals surface area contributed by atoms with Gasteiger partial charge in [0.15, 0.2) is 0 Å². The smallest absolute Gasteiger partial charge is 0.336 e. The number of amides is 1. The molecule has 9 heteroatoms. The van der Waals surface area contributed by atoms with Gasteiger partial charge in [-0.15, -0.1) is 0 Å². The van der Waals surface area contributed by atoms with E-state index in [-0.39, 0.29) is 17.2 Å². The van der Waals surface area contributed by atoms with E-state index in [2.05, 4.69) is 0 Å². The van der Waals surface area contributed by atoms with Gasteiger partial charge in [-0.1, -0.05) is 23.7 Å². The molecule has 170 valence electrons. The summed E-state index contributed by atoms with van der Waals surface area (Å²) in [5.74, 6) is -3.85. The molecule has 2 heterocycles. The van der Waals surface area contributed by atoms with E-state index in [1.54, 1.807) is 12.1 Å². The first-order valence-electron chi connectivity index (χ1n) is 10.3. The molecule has 0 radical (unpaired) electrons. The topological polar surface area (TPSA) is 105 Å². The molecule has 1 fully saturated rings. The van der Waals surface area contributed by atoms with Crippen LogP contribution in [0.25, 0.3) is 22.1 Å². The third-order valence-corrected chi connectivity index (χ3v) is 6.15. The fourth-order valence-electron chi connectivity index (χ4n) is 4.16. The number of fused-ring (bicyclic) bond motifs is 1. The maximum absolute atomic E-state index is 13.5. The van der Waals surface area contributed by atoms with Gasteiger partial charge >= 0.3 is 11.6 Å². The van der Waals surface area contributed by atoms with Crippen LogP contribution in [-0.4, -0.2) is 41.3 Å². The first-order chi connectivity index (χ1) is 15.8. The van der Waals surface area contributed by atoms with E-state index < -0.39 is 35.2 Å². The Kier molecular flexibility index (Phi) is 6.29. The minimum absolute atomic E-state index is 0.0361. The third-order valence-electron chi connectivity index (χ3n) is 5.83. The van der Waals surface area contributed by atoms with Crippen LogP contribution in [0.2, 0.25) is 5.02 Å². The van der Waals surface area contributed by atoms with E-state index >= 15 is 0 Å². The number of hydrogen-bond acceptors (Lipinski definition) is 5. The third kappa shape index (κ3) is 4.52. The average molecular weight is 472 g/mol. The zero-order valence-corrected chi connectivity index (χ0v) is 18.0. The maximum Gasteiger partial charge on any atom is 0.336 e. The summed E-state index contributed by atoms with van der Waals surface area (Å²) < 4.78 is 18.8. The second-order valence-corrected chi connectivity index (χ2v) is 8.34. The number of benzene rings is 2. The number of aliphatic carboxylic acids is 1. The molecule has 0 saturated carbocycles. The van der Waals surface area contributed by atoms with Crippen LogP contribution in [-0.2, 0) is 14.4 Å². The lowest BCUT2D eigenvalue weighted by molar-refractivity contribution is -0.146. The van der Waals surface area contributed by atoms with Crippen molar-refractivity contribution in [3.63, 3.8) is 0 Å². The van der Waals surface area contributed by atoms with E-state index in [0.29, 0.717) is 47.7 Å². The van der Waals surface area contributed by atoms with Crippen LogP contribution in [0, 0.1) is 11.7 Å². The summed E-state index contributed by atoms with van der Waals surface area (Å²) in [7, 11) is 0. The quantitative estimate of drug-likeness (QED) is 0.344. The number of halogens is 2. The lowest BCUT2D eigenvalue weighted by Crippen LogP contribution is -2.44. The number of hydrogen-bond donors (Lipinski definition) is 1. The Morgan fingerprint density at radius 1 is 1.18 bits per heavy atom. The molecule has 4 rings (SSSR count). The Bertz CT molecular complexity index is 1320. The molecule has 1 N–H and O–H groups in total. The summed E-state index contributed by atoms with van der Waals surface area (Å²) in [6, 6.07) is 9.65. The summed E-state index contributed by atoms with van der Waals surface area (Å²) in [4.78, 5) is 49.8. The van der Waals surface area contributed by atoms with Crippen LogP contribution in [0.3, 0.4) is 0 Å². The average Bonchev–Trinajstić information content (AvgIpc) is 2.79. The number of carboxylic acids is 1. The van der Waals surface area contributed by atoms with E-state index in [1.807, 2.05) is 0 Å². The van der Waals surface area contributed by atoms with E-state index in [0.717, 1.165) is 6.07 Å². The standard InChI is InChI=1S/C24H19ClFNO6/c25-20-9-15(26)4-6-16(20)18-10-22(29)33-21-8-13(3-5-17(18)21)19(12-28)23(30)27-7-1-2-14(11-27)24(31)32/h3-6,8-10,12,14,19H,1-2,7,11H2,(H,31,32)/t14-,19?/m1/s1. The van der Waals surface area contributed by atoms with Gasteiger partial charge in [0.25, 0.3) is 0 Å². The summed E-state index contributed by atoms with van der Waals surface area (Å²) in [5, 5.41) is 9.88. The van der Waals surface area contributed by atoms with Gasteiger partial charge in [0, 0.05) is 35.7 Å². The molecule has 0 aliphatic carbocycles. The number of aldehydes is 1. The van der Waals surface area contributed by atoms with Crippen LogP contribution in [0.1, 0.15) is 24.3 Å². The number of nitrogens with zero attached hydrogens (tertiary/aromatic N) is 1. The van der Waals surface area contributed by atoms with Gasteiger partial charge in [0.2, 0.25) is 5.91 Å². The SMILES string of the molecule is O=CC(C(=O)N1CCC[C@@H](C(=O)O)C1)c1ccc2c(-c3ccc(F)cc3Cl)cc(=O)oc2c1. The molecule has 3 aromatic rings. The number of rotatable bonds is 5. The van der Waals surface area contributed by atoms with Crippen molar-refractivity contribution in [1.29, 1.82) is 0 Å². The van der Waals surface area contributed by atoms with Crippen molar-refractivity contribution < 1.29 is 28.3 Å². The Hall–Kier alpha value is -3.52. The number of carbonyl (C=O) groups excluding carboxylic acids is 2. The van der Waals surface area contributed by atoms with Gasteiger partial charge in [-0.05, 0) is 42.7 Å². The van der Waals surface area contributed by atoms with E-state index in [9.17, 15) is 28.7 Å². The molecule has 1 amide bonds. The molecule has 1 aliphatic rings. The molecule has 0 spiro atoms. The van der Waals surface area contributed by atoms with E-state index in [4.69, 9.17) is 16.0 Å². The minimum atomic E-state index is -1.18. The van der Waals surface area contributed by atoms with Crippen LogP contribution < -0.4 is 5.63 Å². The van der Waals surface area contributed by atoms with Crippen molar-refractivity contribution in [1.82, 2.24) is 4.90 Å². The van der Waals surface area contributed by atoms with E-state index in [1.165, 1.54) is 29.2 Å². The molecule has 1 aromatic heterocycles. The van der Waals surface area contributed by atoms with Crippen LogP contribution >= 0.6 is 11.6 Å². The van der Waals surface area contributed by atoms with Gasteiger partial charge in [-0.3, -0.25) is 9.59 Å². The molecular formula is C24H19ClFNO6. The van der Waals surface area contributed by atoms with Gasteiger partial charge in [-0.25, -0.2) is 9.18 Å². The summed E-state index contributed by atoms with van der Waals surface area (Å²) in [6.07, 6.45) is 1.50. The van der Waals surface area contributed by atoms with Crippen LogP contribution in [0.4, 0.5) is 4.39 Å². The number of piperidine rings is 1. The highest BCUT2D eigenvalue weighted by molar-refractivity contribution is 6.33. The zero-order chi connectivity index (χ0) is 23.7. The summed E-state index contributed by atoms with van der Waals surface area (Å²) >= 11 is 6.17. The van der Waals surface area contributed by atoms with Gasteiger partial charge in [0.05, 0.1) is 10.9 Å². The highest BCUT2D eigenvalue weighted by Crippen LogP contribution is 2.34. The second-order valence-electron chi connectivity index (χ2n) is 7.93. The molecular weight excluding hydrogens is 453 g/mol. The molecule has 0 bridgehead atoms. The van der Waals surface area contributed by atoms with Gasteiger partial charge in [-0.2, -0.15) is 0 Å². The Balaban J connectivity index is 1.72. The normalized spacial score (nSPS) is 17.0. The van der Waals surface area contributed by atoms with Crippen molar-refractivity contribution in [2.75, 3.05) is 13.1 Å². The fraction of sp³-hybridized carbons (Fsp3) is 0.250.